The topological polar surface area (TPSA) is 165 Å². The van der Waals surface area contributed by atoms with Gasteiger partial charge in [0.2, 0.25) is 10.0 Å². The van der Waals surface area contributed by atoms with Gasteiger partial charge in [0.05, 0.1) is 11.9 Å². The summed E-state index contributed by atoms with van der Waals surface area (Å²) in [5.74, 6) is -0.417. The van der Waals surface area contributed by atoms with Crippen LogP contribution in [0.2, 0.25) is 0 Å². The van der Waals surface area contributed by atoms with Crippen molar-refractivity contribution >= 4 is 33.2 Å². The van der Waals surface area contributed by atoms with Crippen LogP contribution in [0.15, 0.2) is 97.1 Å². The average molecular weight is 687 g/mol. The Morgan fingerprint density at radius 1 is 0.816 bits per heavy atom. The van der Waals surface area contributed by atoms with E-state index in [0.29, 0.717) is 62.5 Å². The third-order valence-electron chi connectivity index (χ3n) is 8.39. The number of carboxylic acid groups (broad SMARTS) is 1. The van der Waals surface area contributed by atoms with Crippen LogP contribution >= 0.6 is 0 Å². The van der Waals surface area contributed by atoms with Gasteiger partial charge in [-0.05, 0) is 104 Å². The molecule has 0 fully saturated rings. The maximum absolute atomic E-state index is 12.7. The number of ether oxygens (including phenoxy) is 1. The number of aryl methyl sites for hydroxylation is 1. The second-order valence-corrected chi connectivity index (χ2v) is 14.1. The zero-order chi connectivity index (χ0) is 35.4. The van der Waals surface area contributed by atoms with Crippen LogP contribution in [0.5, 0.6) is 11.5 Å². The normalized spacial score (nSPS) is 12.6. The summed E-state index contributed by atoms with van der Waals surface area (Å²) in [5.41, 5.74) is 15.1. The Balaban J connectivity index is 1.38. The number of benzene rings is 4. The first-order chi connectivity index (χ1) is 23.4. The van der Waals surface area contributed by atoms with E-state index in [2.05, 4.69) is 21.8 Å². The molecule has 0 unspecified atom stereocenters. The van der Waals surface area contributed by atoms with E-state index in [1.54, 1.807) is 6.07 Å². The van der Waals surface area contributed by atoms with E-state index in [9.17, 15) is 23.1 Å². The molecule has 0 amide bonds. The fourth-order valence-electron chi connectivity index (χ4n) is 5.64. The first-order valence-electron chi connectivity index (χ1n) is 16.4. The van der Waals surface area contributed by atoms with Gasteiger partial charge >= 0.3 is 5.97 Å². The van der Waals surface area contributed by atoms with Gasteiger partial charge in [0.25, 0.3) is 0 Å². The van der Waals surface area contributed by atoms with E-state index in [-0.39, 0.29) is 12.8 Å². The van der Waals surface area contributed by atoms with E-state index in [4.69, 9.17) is 16.2 Å². The molecule has 0 radical (unpaired) electrons. The highest BCUT2D eigenvalue weighted by molar-refractivity contribution is 7.92. The molecule has 0 heterocycles. The van der Waals surface area contributed by atoms with Crippen LogP contribution in [0, 0.1) is 6.92 Å². The van der Waals surface area contributed by atoms with Crippen molar-refractivity contribution in [2.45, 2.75) is 64.1 Å². The number of rotatable bonds is 19. The zero-order valence-electron chi connectivity index (χ0n) is 28.1. The summed E-state index contributed by atoms with van der Waals surface area (Å²) in [6.45, 7) is 3.55. The Hall–Kier alpha value is -4.71. The minimum atomic E-state index is -3.43. The first kappa shape index (κ1) is 37.1. The van der Waals surface area contributed by atoms with Crippen molar-refractivity contribution in [1.29, 1.82) is 0 Å². The van der Waals surface area contributed by atoms with Gasteiger partial charge in [0.15, 0.2) is 11.3 Å². The van der Waals surface area contributed by atoms with Gasteiger partial charge in [-0.15, -0.1) is 0 Å². The van der Waals surface area contributed by atoms with Crippen LogP contribution in [-0.2, 0) is 39.1 Å². The molecule has 1 atom stereocenters. The quantitative estimate of drug-likeness (QED) is 0.0667. The highest BCUT2D eigenvalue weighted by Gasteiger charge is 2.40. The predicted octanol–water partition coefficient (Wildman–Crippen LogP) is 6.17. The molecule has 0 spiro atoms. The number of nitrogens with one attached hydrogen (secondary N) is 1. The molecule has 4 aromatic rings. The van der Waals surface area contributed by atoms with E-state index in [0.717, 1.165) is 34.2 Å². The lowest BCUT2D eigenvalue weighted by atomic mass is 9.86. The Morgan fingerprint density at radius 3 is 1.98 bits per heavy atom. The van der Waals surface area contributed by atoms with Gasteiger partial charge in [-0.1, -0.05) is 60.7 Å². The summed E-state index contributed by atoms with van der Waals surface area (Å²) in [7, 11) is -3.43. The smallest absolute Gasteiger partial charge is 0.331 e. The van der Waals surface area contributed by atoms with Crippen molar-refractivity contribution in [2.24, 2.45) is 11.5 Å². The van der Waals surface area contributed by atoms with Gasteiger partial charge in [0.1, 0.15) is 11.5 Å². The zero-order valence-corrected chi connectivity index (χ0v) is 28.9. The SMILES string of the molecule is Cc1c(NS(C)(=O)=O)cccc1N(Cc1ccccc1)Cc1ccc(Oc2ccc(CCCC(=O)[C@](N)(CCCCN)C(=O)O)cc2)cc1. The molecule has 0 aliphatic heterocycles. The van der Waals surface area contributed by atoms with E-state index < -0.39 is 27.3 Å². The number of carboxylic acids is 1. The number of nitrogens with two attached hydrogens (primary N) is 2. The fourth-order valence-corrected chi connectivity index (χ4v) is 6.26. The maximum atomic E-state index is 12.7. The van der Waals surface area contributed by atoms with E-state index in [1.807, 2.05) is 85.8 Å². The second-order valence-electron chi connectivity index (χ2n) is 12.4. The third kappa shape index (κ3) is 10.9. The third-order valence-corrected chi connectivity index (χ3v) is 8.98. The number of Topliss-reactive ketones (excluding diaryl/α,β-unsaturated/α-hetero) is 1. The van der Waals surface area contributed by atoms with E-state index in [1.165, 1.54) is 0 Å². The lowest BCUT2D eigenvalue weighted by molar-refractivity contribution is -0.148. The Bertz CT molecular complexity index is 1800. The first-order valence-corrected chi connectivity index (χ1v) is 18.2. The van der Waals surface area contributed by atoms with E-state index >= 15 is 0 Å². The summed E-state index contributed by atoms with van der Waals surface area (Å²) in [6, 6.07) is 31.2. The summed E-state index contributed by atoms with van der Waals surface area (Å²) in [4.78, 5) is 26.6. The second kappa shape index (κ2) is 17.1. The molecule has 10 nitrogen and oxygen atoms in total. The minimum absolute atomic E-state index is 0.0792. The average Bonchev–Trinajstić information content (AvgIpc) is 3.07. The molecule has 0 saturated heterocycles. The minimum Gasteiger partial charge on any atom is -0.480 e. The van der Waals surface area contributed by atoms with Gasteiger partial charge in [-0.2, -0.15) is 0 Å². The highest BCUT2D eigenvalue weighted by Crippen LogP contribution is 2.31. The number of nitrogens with zero attached hydrogens (tertiary/aromatic N) is 1. The van der Waals surface area contributed by atoms with Gasteiger partial charge < -0.3 is 26.2 Å². The van der Waals surface area contributed by atoms with Crippen LogP contribution < -0.4 is 25.8 Å². The molecule has 260 valence electrons. The number of carbonyl (C=O) groups is 2. The largest absolute Gasteiger partial charge is 0.480 e. The molecular weight excluding hydrogens is 641 g/mol. The van der Waals surface area contributed by atoms with Gasteiger partial charge in [-0.25, -0.2) is 13.2 Å². The molecule has 4 aromatic carbocycles. The number of ketones is 1. The Kier molecular flexibility index (Phi) is 13.0. The molecule has 0 bridgehead atoms. The molecule has 0 saturated carbocycles. The molecule has 0 aromatic heterocycles. The molecular formula is C38H46N4O6S. The monoisotopic (exact) mass is 686 g/mol. The van der Waals surface area contributed by atoms with Crippen LogP contribution in [0.1, 0.15) is 54.4 Å². The maximum Gasteiger partial charge on any atom is 0.331 e. The van der Waals surface area contributed by atoms with Crippen LogP contribution in [-0.4, -0.2) is 43.6 Å². The summed E-state index contributed by atoms with van der Waals surface area (Å²) in [6.07, 6.45) is 3.51. The number of aliphatic carboxylic acids is 1. The standard InChI is InChI=1S/C38H46N4O6S/c1-28-34(41-49(2,46)47)13-9-14-35(28)42(26-30-10-4-3-5-11-30)27-31-18-22-33(23-19-31)48-32-20-16-29(17-21-32)12-8-15-36(43)38(40,37(44)45)24-6-7-25-39/h3-5,9-11,13-14,16-23,41H,6-8,12,15,24-27,39-40H2,1-2H3,(H,44,45)/t38-/m1/s1. The molecule has 11 heteroatoms. The molecule has 0 aliphatic rings. The molecule has 6 N–H and O–H groups in total. The van der Waals surface area contributed by atoms with Crippen molar-refractivity contribution in [3.8, 4) is 11.5 Å². The number of sulfonamides is 1. The number of hydrogen-bond donors (Lipinski definition) is 4. The van der Waals surface area contributed by atoms with Crippen LogP contribution in [0.25, 0.3) is 0 Å². The number of carbonyl (C=O) groups excluding carboxylic acids is 1. The summed E-state index contributed by atoms with van der Waals surface area (Å²) >= 11 is 0. The van der Waals surface area contributed by atoms with Crippen molar-refractivity contribution in [2.75, 3.05) is 22.4 Å². The van der Waals surface area contributed by atoms with Crippen molar-refractivity contribution < 1.29 is 27.9 Å². The predicted molar refractivity (Wildman–Crippen MR) is 194 cm³/mol. The number of anilines is 2. The van der Waals surface area contributed by atoms with Crippen molar-refractivity contribution in [3.63, 3.8) is 0 Å². The lowest BCUT2D eigenvalue weighted by Gasteiger charge is -2.28. The van der Waals surface area contributed by atoms with Crippen LogP contribution in [0.3, 0.4) is 0 Å². The fraction of sp³-hybridized carbons (Fsp3) is 0.316. The van der Waals surface area contributed by atoms with Crippen LogP contribution in [0.4, 0.5) is 11.4 Å². The number of hydrogen-bond acceptors (Lipinski definition) is 8. The van der Waals surface area contributed by atoms with Gasteiger partial charge in [0, 0.05) is 25.2 Å². The highest BCUT2D eigenvalue weighted by atomic mass is 32.2. The van der Waals surface area contributed by atoms with Crippen molar-refractivity contribution in [3.05, 3.63) is 119 Å². The summed E-state index contributed by atoms with van der Waals surface area (Å²) in [5, 5.41) is 9.56. The molecule has 49 heavy (non-hydrogen) atoms. The molecule has 0 aliphatic carbocycles. The van der Waals surface area contributed by atoms with Crippen molar-refractivity contribution in [1.82, 2.24) is 0 Å². The Labute approximate surface area is 289 Å². The lowest BCUT2D eigenvalue weighted by Crippen LogP contribution is -2.54. The Morgan fingerprint density at radius 2 is 1.41 bits per heavy atom. The van der Waals surface area contributed by atoms with Gasteiger partial charge in [-0.3, -0.25) is 9.52 Å². The summed E-state index contributed by atoms with van der Waals surface area (Å²) < 4.78 is 32.7. The molecule has 4 rings (SSSR count). The number of unbranched alkanes of at least 4 members (excludes halogenated alkanes) is 1.